The van der Waals surface area contributed by atoms with E-state index in [1.54, 1.807) is 24.3 Å². The van der Waals surface area contributed by atoms with Crippen molar-refractivity contribution in [1.82, 2.24) is 9.62 Å². The Bertz CT molecular complexity index is 1190. The number of ether oxygens (including phenoxy) is 3. The molecule has 2 aromatic rings. The highest BCUT2D eigenvalue weighted by molar-refractivity contribution is 7.89. The normalized spacial score (nSPS) is 15.8. The van der Waals surface area contributed by atoms with Crippen molar-refractivity contribution in [1.29, 1.82) is 0 Å². The van der Waals surface area contributed by atoms with Crippen LogP contribution in [0.15, 0.2) is 46.4 Å². The number of fused-ring (bicyclic) bond motifs is 1. The number of halogens is 2. The predicted octanol–water partition coefficient (Wildman–Crippen LogP) is 4.21. The van der Waals surface area contributed by atoms with E-state index in [2.05, 4.69) is 19.6 Å². The van der Waals surface area contributed by atoms with Crippen molar-refractivity contribution in [2.75, 3.05) is 66.3 Å². The molecular weight excluding hydrogens is 541 g/mol. The minimum absolute atomic E-state index is 0.0557. The number of rotatable bonds is 15. The average Bonchev–Trinajstić information content (AvgIpc) is 2.87. The molecule has 1 N–H and O–H groups in total. The molecule has 0 aromatic heterocycles. The lowest BCUT2D eigenvalue weighted by atomic mass is 9.85. The number of nitrogens with one attached hydrogen (secondary N) is 1. The molecule has 0 amide bonds. The second-order valence-corrected chi connectivity index (χ2v) is 11.1. The molecule has 10 nitrogen and oxygen atoms in total. The number of hydrogen-bond acceptors (Lipinski definition) is 7. The molecule has 2 aromatic carbocycles. The van der Waals surface area contributed by atoms with Gasteiger partial charge in [0.1, 0.15) is 0 Å². The van der Waals surface area contributed by atoms with Gasteiger partial charge in [-0.15, -0.1) is 0 Å². The molecule has 37 heavy (non-hydrogen) atoms. The lowest BCUT2D eigenvalue weighted by Crippen LogP contribution is -2.31. The summed E-state index contributed by atoms with van der Waals surface area (Å²) in [5.74, 6) is -0.0557. The third kappa shape index (κ3) is 9.10. The van der Waals surface area contributed by atoms with Gasteiger partial charge in [0.2, 0.25) is 10.0 Å². The zero-order chi connectivity index (χ0) is 26.7. The van der Waals surface area contributed by atoms with Crippen molar-refractivity contribution in [2.45, 2.75) is 17.4 Å². The average molecular weight is 573 g/mol. The largest absolute Gasteiger partial charge is 0.379 e. The summed E-state index contributed by atoms with van der Waals surface area (Å²) in [6.07, 6.45) is 0. The van der Waals surface area contributed by atoms with Gasteiger partial charge in [-0.25, -0.2) is 13.1 Å². The first kappa shape index (κ1) is 29.6. The van der Waals surface area contributed by atoms with Crippen LogP contribution in [-0.4, -0.2) is 79.6 Å². The first-order valence-corrected chi connectivity index (χ1v) is 14.1. The molecular formula is C24H31Cl2N5O5S. The lowest BCUT2D eigenvalue weighted by molar-refractivity contribution is 0.0171. The third-order valence-electron chi connectivity index (χ3n) is 5.74. The highest BCUT2D eigenvalue weighted by Gasteiger charge is 2.28. The highest BCUT2D eigenvalue weighted by Crippen LogP contribution is 2.38. The van der Waals surface area contributed by atoms with Gasteiger partial charge in [0.25, 0.3) is 0 Å². The van der Waals surface area contributed by atoms with Gasteiger partial charge in [-0.3, -0.25) is 0 Å². The summed E-state index contributed by atoms with van der Waals surface area (Å²) in [6, 6.07) is 10.6. The van der Waals surface area contributed by atoms with Gasteiger partial charge in [0, 0.05) is 47.1 Å². The van der Waals surface area contributed by atoms with Gasteiger partial charge in [-0.1, -0.05) is 40.4 Å². The Balaban J connectivity index is 1.47. The van der Waals surface area contributed by atoms with E-state index >= 15 is 0 Å². The van der Waals surface area contributed by atoms with Crippen LogP contribution in [0, 0.1) is 0 Å². The van der Waals surface area contributed by atoms with Crippen LogP contribution in [0.25, 0.3) is 10.4 Å². The van der Waals surface area contributed by atoms with Gasteiger partial charge in [-0.2, -0.15) is 0 Å². The van der Waals surface area contributed by atoms with Crippen molar-refractivity contribution in [2.24, 2.45) is 5.11 Å². The van der Waals surface area contributed by atoms with Crippen LogP contribution in [0.4, 0.5) is 0 Å². The monoisotopic (exact) mass is 571 g/mol. The van der Waals surface area contributed by atoms with E-state index in [9.17, 15) is 8.42 Å². The minimum atomic E-state index is -3.72. The molecule has 0 bridgehead atoms. The fraction of sp³-hybridized carbons (Fsp3) is 0.500. The fourth-order valence-corrected chi connectivity index (χ4v) is 5.69. The molecule has 13 heteroatoms. The fourth-order valence-electron chi connectivity index (χ4n) is 4.05. The Morgan fingerprint density at radius 3 is 2.51 bits per heavy atom. The van der Waals surface area contributed by atoms with Crippen molar-refractivity contribution in [3.05, 3.63) is 73.6 Å². The van der Waals surface area contributed by atoms with Crippen LogP contribution in [0.3, 0.4) is 0 Å². The topological polar surface area (TPSA) is 126 Å². The molecule has 1 aliphatic heterocycles. The summed E-state index contributed by atoms with van der Waals surface area (Å²) >= 11 is 12.7. The molecule has 0 saturated carbocycles. The lowest BCUT2D eigenvalue weighted by Gasteiger charge is -2.33. The van der Waals surface area contributed by atoms with E-state index in [-0.39, 0.29) is 30.5 Å². The van der Waals surface area contributed by atoms with Gasteiger partial charge >= 0.3 is 0 Å². The number of nitrogens with zero attached hydrogens (tertiary/aromatic N) is 4. The number of sulfonamides is 1. The Morgan fingerprint density at radius 2 is 1.78 bits per heavy atom. The Hall–Kier alpha value is -1.92. The molecule has 0 aliphatic carbocycles. The Kier molecular flexibility index (Phi) is 11.9. The van der Waals surface area contributed by atoms with E-state index in [0.717, 1.165) is 23.2 Å². The van der Waals surface area contributed by atoms with Crippen LogP contribution in [0.5, 0.6) is 0 Å². The molecule has 0 unspecified atom stereocenters. The van der Waals surface area contributed by atoms with E-state index in [1.165, 1.54) is 0 Å². The van der Waals surface area contributed by atoms with E-state index in [1.807, 2.05) is 19.2 Å². The number of azide groups is 1. The maximum atomic E-state index is 12.9. The Labute approximate surface area is 227 Å². The smallest absolute Gasteiger partial charge is 0.240 e. The number of benzene rings is 2. The van der Waals surface area contributed by atoms with Gasteiger partial charge < -0.3 is 19.1 Å². The maximum absolute atomic E-state index is 12.9. The van der Waals surface area contributed by atoms with Gasteiger partial charge in [0.05, 0.1) is 44.5 Å². The van der Waals surface area contributed by atoms with Crippen LogP contribution in [0.2, 0.25) is 10.0 Å². The predicted molar refractivity (Wildman–Crippen MR) is 143 cm³/mol. The number of likely N-dealkylation sites (N-methyl/N-ethyl adjacent to an activating group) is 1. The van der Waals surface area contributed by atoms with Gasteiger partial charge in [-0.05, 0) is 53.5 Å². The first-order chi connectivity index (χ1) is 17.8. The molecule has 0 spiro atoms. The molecule has 0 radical (unpaired) electrons. The zero-order valence-corrected chi connectivity index (χ0v) is 22.9. The van der Waals surface area contributed by atoms with E-state index in [0.29, 0.717) is 49.6 Å². The highest BCUT2D eigenvalue weighted by atomic mass is 35.5. The molecule has 0 saturated heterocycles. The summed E-state index contributed by atoms with van der Waals surface area (Å²) in [6.45, 7) is 3.88. The van der Waals surface area contributed by atoms with Crippen LogP contribution in [-0.2, 0) is 30.8 Å². The summed E-state index contributed by atoms with van der Waals surface area (Å²) in [5, 5.41) is 4.54. The van der Waals surface area contributed by atoms with Crippen molar-refractivity contribution in [3.8, 4) is 0 Å². The zero-order valence-electron chi connectivity index (χ0n) is 20.6. The van der Waals surface area contributed by atoms with Crippen molar-refractivity contribution >= 4 is 33.2 Å². The summed E-state index contributed by atoms with van der Waals surface area (Å²) in [4.78, 5) is 4.98. The third-order valence-corrected chi connectivity index (χ3v) is 7.76. The summed E-state index contributed by atoms with van der Waals surface area (Å²) in [5.41, 5.74) is 11.1. The van der Waals surface area contributed by atoms with E-state index < -0.39 is 10.0 Å². The minimum Gasteiger partial charge on any atom is -0.379 e. The maximum Gasteiger partial charge on any atom is 0.240 e. The number of hydrogen-bond donors (Lipinski definition) is 1. The molecule has 1 atom stereocenters. The van der Waals surface area contributed by atoms with Crippen LogP contribution in [0.1, 0.15) is 22.6 Å². The van der Waals surface area contributed by atoms with E-state index in [4.69, 9.17) is 42.9 Å². The molecule has 202 valence electrons. The SMILES string of the molecule is CN1Cc2c(Cl)cc(Cl)cc2[C@@H](c2cccc(S(=O)(=O)NCCOCCOCCOCCN=[N+]=[N-])c2)C1. The van der Waals surface area contributed by atoms with Crippen molar-refractivity contribution < 1.29 is 22.6 Å². The van der Waals surface area contributed by atoms with Crippen LogP contribution < -0.4 is 4.72 Å². The molecule has 1 heterocycles. The molecule has 0 fully saturated rings. The summed E-state index contributed by atoms with van der Waals surface area (Å²) in [7, 11) is -1.71. The van der Waals surface area contributed by atoms with Crippen molar-refractivity contribution in [3.63, 3.8) is 0 Å². The second kappa shape index (κ2) is 14.9. The Morgan fingerprint density at radius 1 is 1.08 bits per heavy atom. The van der Waals surface area contributed by atoms with Crippen LogP contribution >= 0.6 is 23.2 Å². The quantitative estimate of drug-likeness (QED) is 0.148. The standard InChI is InChI=1S/C24H31Cl2N5O5S/c1-31-16-22(21-14-19(25)15-24(26)23(21)17-31)18-3-2-4-20(13-18)37(32,33)29-6-8-35-10-12-36-11-9-34-7-5-28-30-27/h2-4,13-15,22,29H,5-12,16-17H2,1H3/t22-/m1/s1. The first-order valence-electron chi connectivity index (χ1n) is 11.8. The molecule has 1 aliphatic rings. The summed E-state index contributed by atoms with van der Waals surface area (Å²) < 4.78 is 44.4. The second-order valence-electron chi connectivity index (χ2n) is 8.47. The van der Waals surface area contributed by atoms with Gasteiger partial charge in [0.15, 0.2) is 0 Å². The molecule has 3 rings (SSSR count).